The van der Waals surface area contributed by atoms with Gasteiger partial charge in [-0.1, -0.05) is 38.1 Å². The van der Waals surface area contributed by atoms with Crippen molar-refractivity contribution in [2.24, 2.45) is 0 Å². The van der Waals surface area contributed by atoms with Gasteiger partial charge >= 0.3 is 10.1 Å². The summed E-state index contributed by atoms with van der Waals surface area (Å²) < 4.78 is 60.6. The molecule has 0 aliphatic rings. The molecule has 0 bridgehead atoms. The Balaban J connectivity index is 2.10. The van der Waals surface area contributed by atoms with Crippen LogP contribution in [-0.2, 0) is 20.2 Å². The van der Waals surface area contributed by atoms with E-state index in [1.807, 2.05) is 13.8 Å². The zero-order valence-corrected chi connectivity index (χ0v) is 15.5. The van der Waals surface area contributed by atoms with Crippen LogP contribution in [0.5, 0.6) is 0 Å². The fraction of sp³-hybridized carbons (Fsp3) is 0.294. The zero-order chi connectivity index (χ0) is 18.8. The first-order valence-electron chi connectivity index (χ1n) is 7.65. The second-order valence-electron chi connectivity index (χ2n) is 6.15. The van der Waals surface area contributed by atoms with Gasteiger partial charge in [0.15, 0.2) is 0 Å². The Morgan fingerprint density at radius 1 is 0.800 bits per heavy atom. The van der Waals surface area contributed by atoms with Gasteiger partial charge in [0.25, 0.3) is 10.1 Å². The summed E-state index contributed by atoms with van der Waals surface area (Å²) in [5.41, 5.74) is 1.92. The molecule has 0 aliphatic carbocycles. The van der Waals surface area contributed by atoms with Gasteiger partial charge in [-0.2, -0.15) is 8.42 Å². The third kappa shape index (κ3) is 5.12. The summed E-state index contributed by atoms with van der Waals surface area (Å²) in [5.74, 6) is 0.295. The van der Waals surface area contributed by atoms with Crippen LogP contribution in [0.2, 0.25) is 0 Å². The van der Waals surface area contributed by atoms with Crippen molar-refractivity contribution in [3.05, 3.63) is 59.7 Å². The smallest absolute Gasteiger partial charge is 0.329 e. The lowest BCUT2D eigenvalue weighted by molar-refractivity contribution is 0.481. The topological polar surface area (TPSA) is 111 Å². The lowest BCUT2D eigenvalue weighted by Crippen LogP contribution is -2.03. The van der Waals surface area contributed by atoms with E-state index in [1.54, 1.807) is 24.3 Å². The molecular formula is C17H21O6S2+. The maximum absolute atomic E-state index is 11.2. The summed E-state index contributed by atoms with van der Waals surface area (Å²) in [7, 11) is -8.14. The Kier molecular flexibility index (Phi) is 5.68. The molecule has 8 heteroatoms. The zero-order valence-electron chi connectivity index (χ0n) is 13.9. The van der Waals surface area contributed by atoms with E-state index in [2.05, 4.69) is 0 Å². The fourth-order valence-corrected chi connectivity index (χ4v) is 3.72. The molecule has 0 amide bonds. The van der Waals surface area contributed by atoms with Gasteiger partial charge in [0.1, 0.15) is 4.90 Å². The molecule has 0 heterocycles. The van der Waals surface area contributed by atoms with Crippen LogP contribution < -0.4 is 0 Å². The Hall–Kier alpha value is -1.74. The first kappa shape index (κ1) is 19.6. The van der Waals surface area contributed by atoms with Gasteiger partial charge in [-0.3, -0.25) is 4.55 Å². The maximum atomic E-state index is 11.2. The van der Waals surface area contributed by atoms with Crippen LogP contribution in [0.1, 0.15) is 43.2 Å². The molecule has 2 aromatic rings. The SMILES string of the molecule is CC(CC(C)c1ccc(S(=O)(=O)[OH2+])cc1)c1ccc(S(=O)(=O)O)cc1. The monoisotopic (exact) mass is 385 g/mol. The van der Waals surface area contributed by atoms with E-state index < -0.39 is 20.2 Å². The first-order chi connectivity index (χ1) is 11.5. The van der Waals surface area contributed by atoms with E-state index >= 15 is 0 Å². The van der Waals surface area contributed by atoms with E-state index in [4.69, 9.17) is 9.11 Å². The van der Waals surface area contributed by atoms with Crippen molar-refractivity contribution in [2.75, 3.05) is 0 Å². The summed E-state index contributed by atoms with van der Waals surface area (Å²) in [6, 6.07) is 12.4. The average Bonchev–Trinajstić information content (AvgIpc) is 2.53. The maximum Gasteiger partial charge on any atom is 0.409 e. The van der Waals surface area contributed by atoms with E-state index in [-0.39, 0.29) is 21.6 Å². The highest BCUT2D eigenvalue weighted by atomic mass is 32.2. The minimum absolute atomic E-state index is 0.0303. The summed E-state index contributed by atoms with van der Waals surface area (Å²) in [6.07, 6.45) is 0.776. The molecule has 6 nitrogen and oxygen atoms in total. The van der Waals surface area contributed by atoms with Crippen molar-refractivity contribution >= 4 is 20.2 Å². The van der Waals surface area contributed by atoms with Gasteiger partial charge in [-0.15, -0.1) is 8.42 Å². The van der Waals surface area contributed by atoms with Gasteiger partial charge in [-0.05, 0) is 53.6 Å². The molecule has 0 radical (unpaired) electrons. The van der Waals surface area contributed by atoms with Crippen molar-refractivity contribution in [2.45, 2.75) is 41.9 Å². The number of hydrogen-bond donors (Lipinski definition) is 1. The van der Waals surface area contributed by atoms with Crippen molar-refractivity contribution < 1.29 is 25.9 Å². The van der Waals surface area contributed by atoms with Crippen LogP contribution in [0.4, 0.5) is 0 Å². The summed E-state index contributed by atoms with van der Waals surface area (Å²) in [4.78, 5) is -0.166. The number of rotatable bonds is 6. The van der Waals surface area contributed by atoms with Gasteiger partial charge in [0.05, 0.1) is 4.90 Å². The molecule has 0 saturated carbocycles. The highest BCUT2D eigenvalue weighted by Crippen LogP contribution is 2.30. The molecule has 0 fully saturated rings. The lowest BCUT2D eigenvalue weighted by Gasteiger charge is -2.18. The van der Waals surface area contributed by atoms with Gasteiger partial charge in [-0.25, -0.2) is 0 Å². The Bertz CT molecular complexity index is 850. The van der Waals surface area contributed by atoms with Crippen LogP contribution >= 0.6 is 0 Å². The van der Waals surface area contributed by atoms with Crippen molar-refractivity contribution in [3.63, 3.8) is 0 Å². The van der Waals surface area contributed by atoms with E-state index in [0.29, 0.717) is 0 Å². The second kappa shape index (κ2) is 7.25. The first-order valence-corrected chi connectivity index (χ1v) is 10.6. The molecule has 2 rings (SSSR count). The lowest BCUT2D eigenvalue weighted by atomic mass is 9.87. The molecule has 25 heavy (non-hydrogen) atoms. The van der Waals surface area contributed by atoms with Gasteiger partial charge in [0.2, 0.25) is 0 Å². The summed E-state index contributed by atoms with van der Waals surface area (Å²) in [5, 5.41) is 0. The van der Waals surface area contributed by atoms with E-state index in [0.717, 1.165) is 17.5 Å². The third-order valence-corrected chi connectivity index (χ3v) is 5.97. The summed E-state index contributed by atoms with van der Waals surface area (Å²) in [6.45, 7) is 4.04. The van der Waals surface area contributed by atoms with Crippen molar-refractivity contribution in [1.29, 1.82) is 0 Å². The molecule has 0 aliphatic heterocycles. The predicted octanol–water partition coefficient (Wildman–Crippen LogP) is 2.64. The summed E-state index contributed by atoms with van der Waals surface area (Å²) >= 11 is 0. The normalized spacial score (nSPS) is 14.9. The minimum atomic E-state index is -4.19. The molecule has 2 atom stereocenters. The van der Waals surface area contributed by atoms with Crippen LogP contribution in [0.25, 0.3) is 0 Å². The van der Waals surface area contributed by atoms with E-state index in [9.17, 15) is 16.8 Å². The number of benzene rings is 2. The molecule has 0 spiro atoms. The molecular weight excluding hydrogens is 364 g/mol. The van der Waals surface area contributed by atoms with Crippen LogP contribution in [0.3, 0.4) is 0 Å². The molecule has 2 aromatic carbocycles. The quantitative estimate of drug-likeness (QED) is 0.607. The molecule has 136 valence electrons. The largest absolute Gasteiger partial charge is 0.409 e. The Morgan fingerprint density at radius 3 is 1.48 bits per heavy atom. The Labute approximate surface area is 148 Å². The van der Waals surface area contributed by atoms with Crippen LogP contribution in [0.15, 0.2) is 58.3 Å². The molecule has 3 N–H and O–H groups in total. The van der Waals surface area contributed by atoms with Gasteiger partial charge in [0, 0.05) is 0 Å². The molecule has 0 saturated heterocycles. The highest BCUT2D eigenvalue weighted by molar-refractivity contribution is 7.86. The predicted molar refractivity (Wildman–Crippen MR) is 94.9 cm³/mol. The third-order valence-electron chi connectivity index (χ3n) is 4.21. The van der Waals surface area contributed by atoms with Crippen LogP contribution in [0, 0.1) is 0 Å². The van der Waals surface area contributed by atoms with Crippen molar-refractivity contribution in [1.82, 2.24) is 0 Å². The minimum Gasteiger partial charge on any atom is -0.329 e. The van der Waals surface area contributed by atoms with Gasteiger partial charge < -0.3 is 4.55 Å². The van der Waals surface area contributed by atoms with Crippen LogP contribution in [-0.4, -0.2) is 25.9 Å². The van der Waals surface area contributed by atoms with Crippen molar-refractivity contribution in [3.8, 4) is 0 Å². The standard InChI is InChI=1S/C17H20O6S2/c1-12(14-3-7-16(8-4-14)24(18,19)20)11-13(2)15-5-9-17(10-6-15)25(21,22)23/h3-10,12-13H,11H2,1-2H3,(H,18,19,20)(H,21,22,23)/p+1. The average molecular weight is 385 g/mol. The molecule has 0 aromatic heterocycles. The van der Waals surface area contributed by atoms with E-state index in [1.165, 1.54) is 24.3 Å². The number of hydrogen-bond acceptors (Lipinski definition) is 4. The highest BCUT2D eigenvalue weighted by Gasteiger charge is 2.17. The Morgan fingerprint density at radius 2 is 1.16 bits per heavy atom. The second-order valence-corrected chi connectivity index (χ2v) is 9.05. The fourth-order valence-electron chi connectivity index (χ4n) is 2.75. The molecule has 2 unspecified atom stereocenters.